The average Bonchev–Trinajstić information content (AvgIpc) is 3.49. The van der Waals surface area contributed by atoms with E-state index >= 15 is 0 Å². The lowest BCUT2D eigenvalue weighted by atomic mass is 9.92. The van der Waals surface area contributed by atoms with Crippen molar-refractivity contribution >= 4 is 53.0 Å². The first kappa shape index (κ1) is 43.3. The molecule has 3 amide bonds. The maximum absolute atomic E-state index is 14.1. The SMILES string of the molecule is COc1cc2c(cc1OCCCCCOc1cc3c(cc1C)C(=O)N1Cc4ccccc4C[C@H]1C=N3)N=C[C@@H]1Cc3ccc(NC(=O)[C@H](C)CC(=O)[C@@H](N)C(C)C)cc3CN1C2=O. The van der Waals surface area contributed by atoms with Gasteiger partial charge >= 0.3 is 0 Å². The highest BCUT2D eigenvalue weighted by Gasteiger charge is 2.35. The van der Waals surface area contributed by atoms with Gasteiger partial charge in [-0.1, -0.05) is 51.1 Å². The molecule has 0 radical (unpaired) electrons. The smallest absolute Gasteiger partial charge is 0.257 e. The highest BCUT2D eigenvalue weighted by atomic mass is 16.5. The number of aliphatic imine (C=N–C) groups is 2. The summed E-state index contributed by atoms with van der Waals surface area (Å²) in [5, 5.41) is 2.95. The van der Waals surface area contributed by atoms with Crippen molar-refractivity contribution in [2.75, 3.05) is 25.6 Å². The molecule has 0 unspecified atom stereocenters. The monoisotopic (exact) mass is 852 g/mol. The Morgan fingerprint density at radius 3 is 1.98 bits per heavy atom. The zero-order valence-electron chi connectivity index (χ0n) is 36.7. The molecule has 0 bridgehead atoms. The number of hydrogen-bond acceptors (Lipinski definition) is 10. The van der Waals surface area contributed by atoms with Crippen LogP contribution in [0, 0.1) is 18.8 Å². The van der Waals surface area contributed by atoms with Crippen LogP contribution in [0.25, 0.3) is 0 Å². The highest BCUT2D eigenvalue weighted by molar-refractivity contribution is 6.04. The fraction of sp³-hybridized carbons (Fsp3) is 0.400. The number of methoxy groups -OCH3 is 1. The summed E-state index contributed by atoms with van der Waals surface area (Å²) in [4.78, 5) is 66.5. The zero-order chi connectivity index (χ0) is 44.4. The molecule has 4 heterocycles. The minimum Gasteiger partial charge on any atom is -0.493 e. The van der Waals surface area contributed by atoms with E-state index in [0.717, 1.165) is 48.1 Å². The maximum atomic E-state index is 14.1. The molecule has 4 aliphatic heterocycles. The number of rotatable bonds is 15. The maximum Gasteiger partial charge on any atom is 0.257 e. The molecule has 0 saturated heterocycles. The third-order valence-corrected chi connectivity index (χ3v) is 12.6. The van der Waals surface area contributed by atoms with E-state index in [9.17, 15) is 19.2 Å². The molecule has 328 valence electrons. The van der Waals surface area contributed by atoms with Gasteiger partial charge in [0, 0.05) is 55.7 Å². The van der Waals surface area contributed by atoms with Crippen molar-refractivity contribution in [3.63, 3.8) is 0 Å². The first-order chi connectivity index (χ1) is 30.4. The Hall–Kier alpha value is -6.34. The van der Waals surface area contributed by atoms with E-state index < -0.39 is 12.0 Å². The lowest BCUT2D eigenvalue weighted by Gasteiger charge is -2.34. The van der Waals surface area contributed by atoms with Gasteiger partial charge in [0.1, 0.15) is 5.75 Å². The van der Waals surface area contributed by atoms with Gasteiger partial charge in [-0.15, -0.1) is 0 Å². The van der Waals surface area contributed by atoms with E-state index in [0.29, 0.717) is 72.4 Å². The minimum absolute atomic E-state index is 0.00000711. The van der Waals surface area contributed by atoms with Crippen molar-refractivity contribution in [3.05, 3.63) is 106 Å². The van der Waals surface area contributed by atoms with Gasteiger partial charge < -0.3 is 35.1 Å². The Bertz CT molecular complexity index is 2500. The van der Waals surface area contributed by atoms with Crippen molar-refractivity contribution in [1.29, 1.82) is 0 Å². The largest absolute Gasteiger partial charge is 0.493 e. The number of ketones is 1. The Balaban J connectivity index is 0.834. The fourth-order valence-electron chi connectivity index (χ4n) is 8.71. The summed E-state index contributed by atoms with van der Waals surface area (Å²) in [6.45, 7) is 9.31. The molecule has 8 rings (SSSR count). The van der Waals surface area contributed by atoms with Crippen LogP contribution in [-0.2, 0) is 35.5 Å². The van der Waals surface area contributed by atoms with Crippen molar-refractivity contribution in [1.82, 2.24) is 9.80 Å². The third-order valence-electron chi connectivity index (χ3n) is 12.6. The van der Waals surface area contributed by atoms with E-state index in [2.05, 4.69) is 17.4 Å². The molecule has 4 atom stereocenters. The Labute approximate surface area is 368 Å². The number of nitrogens with zero attached hydrogens (tertiary/aromatic N) is 4. The molecule has 3 N–H and O–H groups in total. The van der Waals surface area contributed by atoms with Crippen LogP contribution < -0.4 is 25.3 Å². The van der Waals surface area contributed by atoms with Gasteiger partial charge in [0.2, 0.25) is 5.91 Å². The summed E-state index contributed by atoms with van der Waals surface area (Å²) < 4.78 is 18.1. The van der Waals surface area contributed by atoms with Crippen LogP contribution in [0.2, 0.25) is 0 Å². The van der Waals surface area contributed by atoms with Crippen LogP contribution in [0.3, 0.4) is 0 Å². The third kappa shape index (κ3) is 9.25. The van der Waals surface area contributed by atoms with E-state index in [-0.39, 0.29) is 47.9 Å². The van der Waals surface area contributed by atoms with Gasteiger partial charge in [-0.25, -0.2) is 0 Å². The zero-order valence-corrected chi connectivity index (χ0v) is 36.7. The van der Waals surface area contributed by atoms with Crippen molar-refractivity contribution in [2.24, 2.45) is 27.6 Å². The Kier molecular flexibility index (Phi) is 12.8. The van der Waals surface area contributed by atoms with Gasteiger partial charge in [-0.3, -0.25) is 29.2 Å². The second kappa shape index (κ2) is 18.6. The number of Topliss-reactive ketones (excluding diaryl/α,β-unsaturated/α-hetero) is 1. The summed E-state index contributed by atoms with van der Waals surface area (Å²) in [6.07, 6.45) is 7.54. The number of benzene rings is 4. The summed E-state index contributed by atoms with van der Waals surface area (Å²) >= 11 is 0. The van der Waals surface area contributed by atoms with Crippen LogP contribution in [0.1, 0.15) is 95.0 Å². The number of fused-ring (bicyclic) bond motifs is 6. The normalized spacial score (nSPS) is 18.1. The molecule has 13 nitrogen and oxygen atoms in total. The molecule has 63 heavy (non-hydrogen) atoms. The number of carbonyl (C=O) groups is 4. The number of anilines is 1. The molecular formula is C50H56N6O7. The van der Waals surface area contributed by atoms with Crippen LogP contribution in [0.5, 0.6) is 17.2 Å². The standard InChI is InChI=1S/C50H56N6O7/c1-29(2)47(51)43(57)18-31(4)48(58)54-36-14-13-33-21-38-26-53-42-24-46(45(61-5)22-40(42)50(60)56(38)28-35(33)19-36)63-16-10-6-9-15-62-44-23-41-39(17-30(44)3)49(59)55-27-34-12-8-7-11-32(34)20-37(55)25-52-41/h7-8,11-14,17,19,22-26,29,31,37-38,47H,6,9-10,15-16,18,20-21,27-28,51H2,1-5H3,(H,54,58)/t31-,37+,38+,47+/m1/s1. The molecule has 13 heteroatoms. The van der Waals surface area contributed by atoms with Crippen molar-refractivity contribution < 1.29 is 33.4 Å². The molecule has 4 aromatic carbocycles. The van der Waals surface area contributed by atoms with Crippen LogP contribution in [-0.4, -0.2) is 84.2 Å². The Morgan fingerprint density at radius 2 is 1.33 bits per heavy atom. The Morgan fingerprint density at radius 1 is 0.746 bits per heavy atom. The number of ether oxygens (including phenoxy) is 3. The molecule has 4 aliphatic rings. The number of carbonyl (C=O) groups excluding carboxylic acids is 4. The van der Waals surface area contributed by atoms with E-state index in [4.69, 9.17) is 29.9 Å². The summed E-state index contributed by atoms with van der Waals surface area (Å²) in [7, 11) is 1.55. The first-order valence-corrected chi connectivity index (χ1v) is 22.0. The lowest BCUT2D eigenvalue weighted by molar-refractivity contribution is -0.127. The number of nitrogens with two attached hydrogens (primary N) is 1. The molecule has 0 spiro atoms. The van der Waals surface area contributed by atoms with Crippen molar-refractivity contribution in [3.8, 4) is 17.2 Å². The predicted molar refractivity (Wildman–Crippen MR) is 243 cm³/mol. The van der Waals surface area contributed by atoms with Crippen molar-refractivity contribution in [2.45, 2.75) is 97.4 Å². The van der Waals surface area contributed by atoms with Gasteiger partial charge in [-0.2, -0.15) is 0 Å². The summed E-state index contributed by atoms with van der Waals surface area (Å²) in [6, 6.07) is 20.3. The van der Waals surface area contributed by atoms with Gasteiger partial charge in [-0.05, 0) is 97.0 Å². The molecular weight excluding hydrogens is 797 g/mol. The predicted octanol–water partition coefficient (Wildman–Crippen LogP) is 7.71. The average molecular weight is 853 g/mol. The van der Waals surface area contributed by atoms with Crippen LogP contribution in [0.15, 0.2) is 76.7 Å². The van der Waals surface area contributed by atoms with Gasteiger partial charge in [0.15, 0.2) is 17.3 Å². The molecule has 0 saturated carbocycles. The molecule has 0 aromatic heterocycles. The summed E-state index contributed by atoms with van der Waals surface area (Å²) in [5.41, 5.74) is 14.1. The topological polar surface area (TPSA) is 165 Å². The second-order valence-electron chi connectivity index (χ2n) is 17.5. The van der Waals surface area contributed by atoms with E-state index in [1.165, 1.54) is 11.1 Å². The summed E-state index contributed by atoms with van der Waals surface area (Å²) in [5.74, 6) is 0.574. The highest BCUT2D eigenvalue weighted by Crippen LogP contribution is 2.39. The lowest BCUT2D eigenvalue weighted by Crippen LogP contribution is -2.44. The number of amides is 3. The van der Waals surface area contributed by atoms with Gasteiger partial charge in [0.25, 0.3) is 11.8 Å². The van der Waals surface area contributed by atoms with Crippen LogP contribution in [0.4, 0.5) is 17.1 Å². The van der Waals surface area contributed by atoms with Crippen LogP contribution >= 0.6 is 0 Å². The van der Waals surface area contributed by atoms with E-state index in [1.54, 1.807) is 31.1 Å². The molecule has 0 fully saturated rings. The quantitative estimate of drug-likeness (QED) is 0.115. The molecule has 4 aromatic rings. The number of aryl methyl sites for hydroxylation is 1. The number of unbranched alkanes of at least 4 members (excludes halogenated alkanes) is 2. The number of nitrogens with one attached hydrogen (secondary N) is 1. The first-order valence-electron chi connectivity index (χ1n) is 22.0. The van der Waals surface area contributed by atoms with E-state index in [1.807, 2.05) is 80.6 Å². The van der Waals surface area contributed by atoms with Gasteiger partial charge in [0.05, 0.1) is 61.0 Å². The fourth-order valence-corrected chi connectivity index (χ4v) is 8.71. The minimum atomic E-state index is -0.600. The molecule has 0 aliphatic carbocycles. The second-order valence-corrected chi connectivity index (χ2v) is 17.5. The number of hydrogen-bond donors (Lipinski definition) is 2.